The molecule has 0 unspecified atom stereocenters. The summed E-state index contributed by atoms with van der Waals surface area (Å²) in [6, 6.07) is 18.3. The van der Waals surface area contributed by atoms with E-state index in [1.54, 1.807) is 30.3 Å². The Bertz CT molecular complexity index is 1330. The first kappa shape index (κ1) is 24.9. The van der Waals surface area contributed by atoms with Crippen LogP contribution in [0.3, 0.4) is 0 Å². The van der Waals surface area contributed by atoms with Gasteiger partial charge in [-0.15, -0.1) is 0 Å². The monoisotopic (exact) mass is 551 g/mol. The molecule has 1 aliphatic heterocycles. The fraction of sp³-hybridized carbons (Fsp3) is 0.154. The molecule has 1 N–H and O–H groups in total. The first-order chi connectivity index (χ1) is 17.4. The number of nitrogens with zero attached hydrogens (tertiary/aromatic N) is 2. The summed E-state index contributed by atoms with van der Waals surface area (Å²) in [7, 11) is 0. The molecule has 1 aliphatic rings. The van der Waals surface area contributed by atoms with E-state index in [1.807, 2.05) is 37.3 Å². The van der Waals surface area contributed by atoms with Crippen LogP contribution in [-0.4, -0.2) is 28.4 Å². The molecule has 1 heterocycles. The van der Waals surface area contributed by atoms with E-state index in [1.165, 1.54) is 12.1 Å². The number of hydrogen-bond acceptors (Lipinski definition) is 6. The van der Waals surface area contributed by atoms with E-state index in [2.05, 4.69) is 21.2 Å². The highest BCUT2D eigenvalue weighted by molar-refractivity contribution is 9.10. The van der Waals surface area contributed by atoms with Gasteiger partial charge in [-0.3, -0.25) is 19.8 Å². The minimum Gasteiger partial charge on any atom is -0.490 e. The van der Waals surface area contributed by atoms with Crippen molar-refractivity contribution in [1.82, 2.24) is 10.2 Å². The molecule has 0 aliphatic carbocycles. The quantitative estimate of drug-likeness (QED) is 0.164. The predicted octanol–water partition coefficient (Wildman–Crippen LogP) is 5.43. The molecule has 0 aromatic heterocycles. The lowest BCUT2D eigenvalue weighted by Crippen LogP contribution is -2.30. The molecule has 184 valence electrons. The molecule has 10 heteroatoms. The van der Waals surface area contributed by atoms with Crippen molar-refractivity contribution in [3.63, 3.8) is 0 Å². The van der Waals surface area contributed by atoms with Gasteiger partial charge in [0.15, 0.2) is 11.5 Å². The van der Waals surface area contributed by atoms with Crippen LogP contribution in [0, 0.1) is 10.1 Å². The first-order valence-corrected chi connectivity index (χ1v) is 11.9. The van der Waals surface area contributed by atoms with E-state index >= 15 is 0 Å². The summed E-state index contributed by atoms with van der Waals surface area (Å²) in [5, 5.41) is 13.5. The second-order valence-corrected chi connectivity index (χ2v) is 8.69. The molecule has 4 rings (SSSR count). The third-order valence-electron chi connectivity index (χ3n) is 5.35. The van der Waals surface area contributed by atoms with Crippen molar-refractivity contribution in [2.45, 2.75) is 20.1 Å². The molecule has 3 aromatic carbocycles. The molecule has 3 aromatic rings. The Hall–Kier alpha value is -4.18. The number of rotatable bonds is 9. The van der Waals surface area contributed by atoms with Gasteiger partial charge in [-0.2, -0.15) is 0 Å². The average Bonchev–Trinajstić information content (AvgIpc) is 3.13. The molecule has 0 bridgehead atoms. The lowest BCUT2D eigenvalue weighted by atomic mass is 10.1. The van der Waals surface area contributed by atoms with Crippen LogP contribution >= 0.6 is 15.9 Å². The highest BCUT2D eigenvalue weighted by Crippen LogP contribution is 2.36. The van der Waals surface area contributed by atoms with Crippen LogP contribution < -0.4 is 14.8 Å². The van der Waals surface area contributed by atoms with Crippen LogP contribution in [0.15, 0.2) is 76.9 Å². The highest BCUT2D eigenvalue weighted by Gasteiger charge is 2.33. The molecule has 3 amide bonds. The Morgan fingerprint density at radius 2 is 1.69 bits per heavy atom. The normalized spacial score (nSPS) is 14.2. The number of amides is 3. The first-order valence-electron chi connectivity index (χ1n) is 11.1. The Morgan fingerprint density at radius 1 is 1.00 bits per heavy atom. The third kappa shape index (κ3) is 5.72. The van der Waals surface area contributed by atoms with Crippen LogP contribution in [0.5, 0.6) is 11.5 Å². The van der Waals surface area contributed by atoms with Gasteiger partial charge >= 0.3 is 6.03 Å². The van der Waals surface area contributed by atoms with E-state index in [-0.39, 0.29) is 24.5 Å². The summed E-state index contributed by atoms with van der Waals surface area (Å²) < 4.78 is 12.3. The van der Waals surface area contributed by atoms with Gasteiger partial charge in [0.1, 0.15) is 12.3 Å². The van der Waals surface area contributed by atoms with Gasteiger partial charge in [-0.05, 0) is 54.0 Å². The summed E-state index contributed by atoms with van der Waals surface area (Å²) in [5.74, 6) is 0.483. The van der Waals surface area contributed by atoms with Gasteiger partial charge in [0.05, 0.1) is 18.1 Å². The smallest absolute Gasteiger partial charge is 0.329 e. The zero-order valence-corrected chi connectivity index (χ0v) is 20.9. The summed E-state index contributed by atoms with van der Waals surface area (Å²) in [6.45, 7) is 2.56. The van der Waals surface area contributed by atoms with Crippen LogP contribution in [0.2, 0.25) is 0 Å². The number of nitro groups is 1. The third-order valence-corrected chi connectivity index (χ3v) is 6.04. The number of urea groups is 1. The maximum atomic E-state index is 12.9. The van der Waals surface area contributed by atoms with Gasteiger partial charge in [-0.1, -0.05) is 46.3 Å². The largest absolute Gasteiger partial charge is 0.490 e. The van der Waals surface area contributed by atoms with Crippen molar-refractivity contribution in [2.24, 2.45) is 0 Å². The van der Waals surface area contributed by atoms with Gasteiger partial charge in [-0.25, -0.2) is 4.79 Å². The Morgan fingerprint density at radius 3 is 2.36 bits per heavy atom. The number of hydrogen-bond donors (Lipinski definition) is 1. The molecular weight excluding hydrogens is 530 g/mol. The van der Waals surface area contributed by atoms with E-state index in [4.69, 9.17) is 9.47 Å². The predicted molar refractivity (Wildman–Crippen MR) is 136 cm³/mol. The SMILES string of the molecule is CCOc1cc(/C=C2/NC(=O)N(Cc3ccccc3)C2=O)c(Br)cc1OCc1ccc([N+](=O)[O-])cc1. The Labute approximate surface area is 215 Å². The van der Waals surface area contributed by atoms with E-state index in [0.29, 0.717) is 28.1 Å². The van der Waals surface area contributed by atoms with Crippen molar-refractivity contribution < 1.29 is 24.0 Å². The molecule has 0 spiro atoms. The molecule has 1 saturated heterocycles. The van der Waals surface area contributed by atoms with E-state index in [0.717, 1.165) is 16.0 Å². The molecule has 1 fully saturated rings. The number of halogens is 1. The number of carbonyl (C=O) groups excluding carboxylic acids is 2. The van der Waals surface area contributed by atoms with Crippen molar-refractivity contribution in [3.8, 4) is 11.5 Å². The molecular formula is C26H22BrN3O6. The lowest BCUT2D eigenvalue weighted by molar-refractivity contribution is -0.384. The zero-order chi connectivity index (χ0) is 25.7. The van der Waals surface area contributed by atoms with Crippen LogP contribution in [-0.2, 0) is 17.9 Å². The zero-order valence-electron chi connectivity index (χ0n) is 19.3. The summed E-state index contributed by atoms with van der Waals surface area (Å²) in [4.78, 5) is 36.9. The topological polar surface area (TPSA) is 111 Å². The maximum Gasteiger partial charge on any atom is 0.329 e. The van der Waals surface area contributed by atoms with Crippen molar-refractivity contribution >= 4 is 39.6 Å². The maximum absolute atomic E-state index is 12.9. The lowest BCUT2D eigenvalue weighted by Gasteiger charge is -2.14. The van der Waals surface area contributed by atoms with Gasteiger partial charge in [0, 0.05) is 16.6 Å². The molecule has 0 saturated carbocycles. The van der Waals surface area contributed by atoms with Crippen LogP contribution in [0.1, 0.15) is 23.6 Å². The minimum absolute atomic E-state index is 0.00442. The number of nitro benzene ring substituents is 1. The van der Waals surface area contributed by atoms with Gasteiger partial charge in [0.25, 0.3) is 11.6 Å². The highest BCUT2D eigenvalue weighted by atomic mass is 79.9. The molecule has 36 heavy (non-hydrogen) atoms. The number of non-ortho nitro benzene ring substituents is 1. The fourth-order valence-corrected chi connectivity index (χ4v) is 3.99. The Balaban J connectivity index is 1.53. The van der Waals surface area contributed by atoms with Crippen LogP contribution in [0.25, 0.3) is 6.08 Å². The van der Waals surface area contributed by atoms with Crippen molar-refractivity contribution in [3.05, 3.63) is 104 Å². The van der Waals surface area contributed by atoms with Crippen molar-refractivity contribution in [2.75, 3.05) is 6.61 Å². The molecule has 0 radical (unpaired) electrons. The summed E-state index contributed by atoms with van der Waals surface area (Å²) in [5.41, 5.74) is 2.37. The Kier molecular flexibility index (Phi) is 7.65. The number of nitrogens with one attached hydrogen (secondary N) is 1. The second-order valence-electron chi connectivity index (χ2n) is 7.83. The number of benzene rings is 3. The average molecular weight is 552 g/mol. The summed E-state index contributed by atoms with van der Waals surface area (Å²) >= 11 is 3.50. The number of ether oxygens (including phenoxy) is 2. The van der Waals surface area contributed by atoms with Gasteiger partial charge < -0.3 is 14.8 Å². The van der Waals surface area contributed by atoms with Crippen LogP contribution in [0.4, 0.5) is 10.5 Å². The van der Waals surface area contributed by atoms with E-state index < -0.39 is 16.9 Å². The molecule has 9 nitrogen and oxygen atoms in total. The minimum atomic E-state index is -0.487. The number of carbonyl (C=O) groups is 2. The second kappa shape index (κ2) is 11.0. The summed E-state index contributed by atoms with van der Waals surface area (Å²) in [6.07, 6.45) is 1.58. The van der Waals surface area contributed by atoms with Gasteiger partial charge in [0.2, 0.25) is 0 Å². The van der Waals surface area contributed by atoms with E-state index in [9.17, 15) is 19.7 Å². The number of imide groups is 1. The fourth-order valence-electron chi connectivity index (χ4n) is 3.55. The molecule has 0 atom stereocenters. The van der Waals surface area contributed by atoms with Crippen molar-refractivity contribution in [1.29, 1.82) is 0 Å². The standard InChI is InChI=1S/C26H22BrN3O6/c1-2-35-23-13-19(12-22-25(31)29(26(32)28-22)15-17-6-4-3-5-7-17)21(27)14-24(23)36-16-18-8-10-20(11-9-18)30(33)34/h3-14H,2,15-16H2,1H3,(H,28,32)/b22-12+.